The van der Waals surface area contributed by atoms with Crippen LogP contribution < -0.4 is 10.6 Å². The topological polar surface area (TPSA) is 54.0 Å². The molecule has 6 heteroatoms. The molecule has 1 aliphatic carbocycles. The minimum Gasteiger partial charge on any atom is -0.325 e. The number of nitrogens with one attached hydrogen (secondary N) is 2. The Morgan fingerprint density at radius 1 is 1.07 bits per heavy atom. The predicted octanol–water partition coefficient (Wildman–Crippen LogP) is 5.30. The van der Waals surface area contributed by atoms with Crippen LogP contribution in [-0.2, 0) is 10.2 Å². The molecule has 0 bridgehead atoms. The maximum atomic E-state index is 13.8. The Hall–Kier alpha value is -1.62. The number of hydrogen-bond donors (Lipinski definition) is 2. The van der Waals surface area contributed by atoms with Gasteiger partial charge in [-0.3, -0.25) is 4.79 Å². The first-order valence-electron chi connectivity index (χ1n) is 10.3. The lowest BCUT2D eigenvalue weighted by Crippen LogP contribution is -2.61. The average molecular weight is 430 g/mol. The number of carbonyl (C=O) groups excluding carboxylic acids is 1. The standard InChI is InChI=1S/C23H25Cl2N3O/c1-21(2)6-8-22(9-7-21)23(16-4-3-15(24)12-18(16)28-20(23)29)17(13-27-22)14-5-10-26-19(25)11-14/h3-5,10-12,17,27H,6-9,13H2,1-2H3,(H,28,29)/t17-,23-/m1/s1. The quantitative estimate of drug-likeness (QED) is 0.604. The van der Waals surface area contributed by atoms with Crippen molar-refractivity contribution in [1.29, 1.82) is 0 Å². The Morgan fingerprint density at radius 2 is 1.83 bits per heavy atom. The fourth-order valence-corrected chi connectivity index (χ4v) is 6.33. The van der Waals surface area contributed by atoms with E-state index >= 15 is 0 Å². The number of aromatic nitrogens is 1. The Kier molecular flexibility index (Phi) is 4.29. The maximum absolute atomic E-state index is 13.8. The Bertz CT molecular complexity index is 995. The van der Waals surface area contributed by atoms with Gasteiger partial charge in [0, 0.05) is 34.9 Å². The van der Waals surface area contributed by atoms with Crippen molar-refractivity contribution < 1.29 is 4.79 Å². The molecule has 2 fully saturated rings. The van der Waals surface area contributed by atoms with E-state index in [0.29, 0.717) is 15.6 Å². The van der Waals surface area contributed by atoms with Gasteiger partial charge in [0.1, 0.15) is 10.6 Å². The molecule has 2 N–H and O–H groups in total. The van der Waals surface area contributed by atoms with Crippen LogP contribution in [0.5, 0.6) is 0 Å². The SMILES string of the molecule is CC1(C)CCC2(CC1)NC[C@H](c1ccnc(Cl)c1)[C@]21C(=O)Nc2cc(Cl)ccc21. The van der Waals surface area contributed by atoms with Crippen LogP contribution in [0.15, 0.2) is 36.5 Å². The second kappa shape index (κ2) is 6.44. The molecule has 1 aromatic carbocycles. The smallest absolute Gasteiger partial charge is 0.237 e. The van der Waals surface area contributed by atoms with Gasteiger partial charge in [-0.15, -0.1) is 0 Å². The third-order valence-corrected chi connectivity index (χ3v) is 7.99. The van der Waals surface area contributed by atoms with Crippen LogP contribution in [0.25, 0.3) is 0 Å². The third kappa shape index (κ3) is 2.69. The molecule has 1 saturated carbocycles. The first-order chi connectivity index (χ1) is 13.8. The lowest BCUT2D eigenvalue weighted by molar-refractivity contribution is -0.124. The van der Waals surface area contributed by atoms with Crippen LogP contribution in [0.1, 0.15) is 56.6 Å². The highest BCUT2D eigenvalue weighted by Crippen LogP contribution is 2.62. The summed E-state index contributed by atoms with van der Waals surface area (Å²) in [5, 5.41) is 8.10. The highest BCUT2D eigenvalue weighted by atomic mass is 35.5. The summed E-state index contributed by atoms with van der Waals surface area (Å²) < 4.78 is 0. The van der Waals surface area contributed by atoms with E-state index < -0.39 is 5.41 Å². The van der Waals surface area contributed by atoms with E-state index in [1.54, 1.807) is 6.20 Å². The van der Waals surface area contributed by atoms with Gasteiger partial charge in [0.15, 0.2) is 0 Å². The minimum absolute atomic E-state index is 0.0216. The highest BCUT2D eigenvalue weighted by Gasteiger charge is 2.68. The number of benzene rings is 1. The molecule has 1 saturated heterocycles. The third-order valence-electron chi connectivity index (χ3n) is 7.55. The van der Waals surface area contributed by atoms with Gasteiger partial charge in [0.25, 0.3) is 0 Å². The fourth-order valence-electron chi connectivity index (χ4n) is 5.98. The summed E-state index contributed by atoms with van der Waals surface area (Å²) in [6.07, 6.45) is 5.83. The second-order valence-corrected chi connectivity index (χ2v) is 10.4. The number of rotatable bonds is 1. The Morgan fingerprint density at radius 3 is 2.55 bits per heavy atom. The average Bonchev–Trinajstić information content (AvgIpc) is 3.15. The Labute approximate surface area is 181 Å². The van der Waals surface area contributed by atoms with Crippen molar-refractivity contribution in [2.75, 3.05) is 11.9 Å². The van der Waals surface area contributed by atoms with Crippen molar-refractivity contribution in [3.8, 4) is 0 Å². The zero-order chi connectivity index (χ0) is 20.4. The van der Waals surface area contributed by atoms with Gasteiger partial charge in [-0.05, 0) is 66.5 Å². The predicted molar refractivity (Wildman–Crippen MR) is 117 cm³/mol. The van der Waals surface area contributed by atoms with Crippen LogP contribution in [0.4, 0.5) is 5.69 Å². The summed E-state index contributed by atoms with van der Waals surface area (Å²) in [6.45, 7) is 5.38. The van der Waals surface area contributed by atoms with Crippen molar-refractivity contribution in [3.05, 3.63) is 57.8 Å². The fraction of sp³-hybridized carbons (Fsp3) is 0.478. The molecule has 1 amide bonds. The van der Waals surface area contributed by atoms with Crippen LogP contribution in [-0.4, -0.2) is 23.0 Å². The number of hydrogen-bond acceptors (Lipinski definition) is 3. The molecule has 2 aromatic rings. The molecule has 0 unspecified atom stereocenters. The molecule has 0 radical (unpaired) electrons. The Balaban J connectivity index is 1.73. The molecule has 29 heavy (non-hydrogen) atoms. The maximum Gasteiger partial charge on any atom is 0.237 e. The van der Waals surface area contributed by atoms with E-state index in [1.165, 1.54) is 0 Å². The molecule has 1 aromatic heterocycles. The van der Waals surface area contributed by atoms with Crippen LogP contribution >= 0.6 is 23.2 Å². The number of fused-ring (bicyclic) bond motifs is 3. The van der Waals surface area contributed by atoms with Crippen LogP contribution in [0, 0.1) is 5.41 Å². The molecular formula is C23H25Cl2N3O. The van der Waals surface area contributed by atoms with Crippen molar-refractivity contribution in [2.45, 2.75) is 56.4 Å². The van der Waals surface area contributed by atoms with E-state index in [4.69, 9.17) is 23.2 Å². The van der Waals surface area contributed by atoms with Gasteiger partial charge in [-0.25, -0.2) is 4.98 Å². The molecule has 3 aliphatic rings. The zero-order valence-corrected chi connectivity index (χ0v) is 18.2. The van der Waals surface area contributed by atoms with E-state index in [9.17, 15) is 4.79 Å². The molecule has 3 heterocycles. The molecule has 152 valence electrons. The van der Waals surface area contributed by atoms with Gasteiger partial charge in [-0.1, -0.05) is 43.1 Å². The summed E-state index contributed by atoms with van der Waals surface area (Å²) in [5.74, 6) is 0.0454. The largest absolute Gasteiger partial charge is 0.325 e. The van der Waals surface area contributed by atoms with Crippen LogP contribution in [0.3, 0.4) is 0 Å². The van der Waals surface area contributed by atoms with E-state index in [1.807, 2.05) is 30.3 Å². The summed E-state index contributed by atoms with van der Waals surface area (Å²) in [4.78, 5) is 18.0. The number of amides is 1. The summed E-state index contributed by atoms with van der Waals surface area (Å²) in [5.41, 5.74) is 2.26. The summed E-state index contributed by atoms with van der Waals surface area (Å²) >= 11 is 12.5. The highest BCUT2D eigenvalue weighted by molar-refractivity contribution is 6.31. The molecule has 2 spiro atoms. The van der Waals surface area contributed by atoms with Gasteiger partial charge >= 0.3 is 0 Å². The zero-order valence-electron chi connectivity index (χ0n) is 16.7. The number of nitrogens with zero attached hydrogens (tertiary/aromatic N) is 1. The summed E-state index contributed by atoms with van der Waals surface area (Å²) in [7, 11) is 0. The molecular weight excluding hydrogens is 405 g/mol. The number of halogens is 2. The first kappa shape index (κ1) is 19.3. The molecule has 5 rings (SSSR count). The molecule has 4 nitrogen and oxygen atoms in total. The lowest BCUT2D eigenvalue weighted by atomic mass is 9.54. The van der Waals surface area contributed by atoms with Crippen LogP contribution in [0.2, 0.25) is 10.2 Å². The number of pyridine rings is 1. The monoisotopic (exact) mass is 429 g/mol. The van der Waals surface area contributed by atoms with E-state index in [-0.39, 0.29) is 17.4 Å². The lowest BCUT2D eigenvalue weighted by Gasteiger charge is -2.50. The van der Waals surface area contributed by atoms with Gasteiger partial charge in [0.2, 0.25) is 5.91 Å². The minimum atomic E-state index is -0.686. The van der Waals surface area contributed by atoms with Crippen molar-refractivity contribution >= 4 is 34.8 Å². The van der Waals surface area contributed by atoms with Crippen molar-refractivity contribution in [3.63, 3.8) is 0 Å². The van der Waals surface area contributed by atoms with E-state index in [2.05, 4.69) is 29.5 Å². The van der Waals surface area contributed by atoms with Crippen molar-refractivity contribution in [2.24, 2.45) is 5.41 Å². The molecule has 2 aliphatic heterocycles. The van der Waals surface area contributed by atoms with Gasteiger partial charge in [-0.2, -0.15) is 0 Å². The normalized spacial score (nSPS) is 29.2. The molecule has 2 atom stereocenters. The van der Waals surface area contributed by atoms with Gasteiger partial charge < -0.3 is 10.6 Å². The first-order valence-corrected chi connectivity index (χ1v) is 11.0. The second-order valence-electron chi connectivity index (χ2n) is 9.54. The number of carbonyl (C=O) groups is 1. The summed E-state index contributed by atoms with van der Waals surface area (Å²) in [6, 6.07) is 9.71. The van der Waals surface area contributed by atoms with Gasteiger partial charge in [0.05, 0.1) is 0 Å². The number of anilines is 1. The van der Waals surface area contributed by atoms with E-state index in [0.717, 1.165) is 49.0 Å². The van der Waals surface area contributed by atoms with Crippen molar-refractivity contribution in [1.82, 2.24) is 10.3 Å².